The van der Waals surface area contributed by atoms with Crippen molar-refractivity contribution in [3.63, 3.8) is 0 Å². The van der Waals surface area contributed by atoms with Gasteiger partial charge in [-0.05, 0) is 71.6 Å². The van der Waals surface area contributed by atoms with Crippen molar-refractivity contribution in [2.24, 2.45) is 11.5 Å². The second kappa shape index (κ2) is 6.75. The minimum absolute atomic E-state index is 0.310. The molecule has 0 unspecified atom stereocenters. The number of fused-ring (bicyclic) bond motifs is 1. The lowest BCUT2D eigenvalue weighted by Gasteiger charge is -2.23. The molecular weight excluding hydrogens is 324 g/mol. The molecule has 2 saturated carbocycles. The van der Waals surface area contributed by atoms with Crippen molar-refractivity contribution in [1.82, 2.24) is 0 Å². The largest absolute Gasteiger partial charge is 0.366 e. The van der Waals surface area contributed by atoms with E-state index in [4.69, 9.17) is 11.5 Å². The number of rotatable bonds is 4. The van der Waals surface area contributed by atoms with Gasteiger partial charge in [-0.25, -0.2) is 0 Å². The van der Waals surface area contributed by atoms with Gasteiger partial charge < -0.3 is 11.5 Å². The summed E-state index contributed by atoms with van der Waals surface area (Å²) in [4.78, 5) is 24.2. The Balaban J connectivity index is 2.02. The summed E-state index contributed by atoms with van der Waals surface area (Å²) >= 11 is 0. The van der Waals surface area contributed by atoms with E-state index in [1.54, 1.807) is 6.07 Å². The van der Waals surface area contributed by atoms with Gasteiger partial charge >= 0.3 is 0 Å². The lowest BCUT2D eigenvalue weighted by molar-refractivity contribution is 0.0990. The SMILES string of the molecule is NC(=O)c1ccc2c(C3CCCC3)c(C(N)=O)c(C3CCCC3)cc2c1. The van der Waals surface area contributed by atoms with Crippen molar-refractivity contribution >= 4 is 22.6 Å². The molecule has 0 radical (unpaired) electrons. The second-order valence-corrected chi connectivity index (χ2v) is 7.88. The number of hydrogen-bond acceptors (Lipinski definition) is 2. The van der Waals surface area contributed by atoms with E-state index in [0.29, 0.717) is 17.4 Å². The Kier molecular flexibility index (Phi) is 4.43. The van der Waals surface area contributed by atoms with E-state index in [9.17, 15) is 9.59 Å². The number of benzene rings is 2. The molecule has 26 heavy (non-hydrogen) atoms. The molecule has 0 atom stereocenters. The first-order chi connectivity index (χ1) is 12.6. The summed E-state index contributed by atoms with van der Waals surface area (Å²) in [6.07, 6.45) is 9.18. The summed E-state index contributed by atoms with van der Waals surface area (Å²) in [5.74, 6) is 0.0328. The molecule has 2 aromatic carbocycles. The molecule has 0 spiro atoms. The summed E-state index contributed by atoms with van der Waals surface area (Å²) in [5, 5.41) is 2.06. The van der Waals surface area contributed by atoms with E-state index in [1.165, 1.54) is 25.7 Å². The van der Waals surface area contributed by atoms with Crippen LogP contribution in [0.1, 0.15) is 95.0 Å². The van der Waals surface area contributed by atoms with Gasteiger partial charge in [-0.15, -0.1) is 0 Å². The average molecular weight is 350 g/mol. The molecule has 2 aromatic rings. The first-order valence-electron chi connectivity index (χ1n) is 9.76. The highest BCUT2D eigenvalue weighted by Gasteiger charge is 2.30. The van der Waals surface area contributed by atoms with Crippen molar-refractivity contribution in [3.05, 3.63) is 46.5 Å². The fourth-order valence-corrected chi connectivity index (χ4v) is 5.08. The lowest BCUT2D eigenvalue weighted by atomic mass is 9.81. The van der Waals surface area contributed by atoms with Crippen molar-refractivity contribution in [1.29, 1.82) is 0 Å². The van der Waals surface area contributed by atoms with E-state index >= 15 is 0 Å². The highest BCUT2D eigenvalue weighted by Crippen LogP contribution is 2.45. The molecule has 0 bridgehead atoms. The predicted octanol–water partition coefficient (Wildman–Crippen LogP) is 4.35. The van der Waals surface area contributed by atoms with Gasteiger partial charge in [0.2, 0.25) is 11.8 Å². The number of hydrogen-bond donors (Lipinski definition) is 2. The Hall–Kier alpha value is -2.36. The van der Waals surface area contributed by atoms with Crippen molar-refractivity contribution in [2.75, 3.05) is 0 Å². The maximum atomic E-state index is 12.5. The minimum Gasteiger partial charge on any atom is -0.366 e. The Morgan fingerprint density at radius 3 is 2.00 bits per heavy atom. The standard InChI is InChI=1S/C22H26N2O2/c23-21(25)15-9-10-17-16(11-15)12-18(13-5-1-2-6-13)20(22(24)26)19(17)14-7-3-4-8-14/h9-14H,1-8H2,(H2,23,25)(H2,24,26). The van der Waals surface area contributed by atoms with Gasteiger partial charge in [0.25, 0.3) is 0 Å². The highest BCUT2D eigenvalue weighted by atomic mass is 16.1. The number of primary amides is 2. The third-order valence-electron chi connectivity index (χ3n) is 6.30. The molecule has 0 aliphatic heterocycles. The van der Waals surface area contributed by atoms with Crippen LogP contribution in [0.15, 0.2) is 24.3 Å². The smallest absolute Gasteiger partial charge is 0.249 e. The van der Waals surface area contributed by atoms with E-state index < -0.39 is 5.91 Å². The summed E-state index contributed by atoms with van der Waals surface area (Å²) in [7, 11) is 0. The third kappa shape index (κ3) is 2.87. The third-order valence-corrected chi connectivity index (χ3v) is 6.30. The van der Waals surface area contributed by atoms with Gasteiger partial charge in [0.1, 0.15) is 0 Å². The summed E-state index contributed by atoms with van der Waals surface area (Å²) in [6, 6.07) is 7.69. The zero-order chi connectivity index (χ0) is 18.3. The van der Waals surface area contributed by atoms with E-state index in [1.807, 2.05) is 12.1 Å². The molecule has 4 nitrogen and oxygen atoms in total. The van der Waals surface area contributed by atoms with Gasteiger partial charge in [0, 0.05) is 11.1 Å². The maximum Gasteiger partial charge on any atom is 0.249 e. The molecule has 2 aliphatic rings. The van der Waals surface area contributed by atoms with Crippen LogP contribution in [0.3, 0.4) is 0 Å². The molecule has 2 fully saturated rings. The first-order valence-corrected chi connectivity index (χ1v) is 9.76. The Bertz CT molecular complexity index is 875. The van der Waals surface area contributed by atoms with Crippen LogP contribution in [0.25, 0.3) is 10.8 Å². The fraction of sp³-hybridized carbons (Fsp3) is 0.455. The molecule has 0 saturated heterocycles. The van der Waals surface area contributed by atoms with Gasteiger partial charge in [-0.3, -0.25) is 9.59 Å². The normalized spacial score (nSPS) is 18.6. The van der Waals surface area contributed by atoms with Crippen LogP contribution in [0, 0.1) is 0 Å². The quantitative estimate of drug-likeness (QED) is 0.858. The number of nitrogens with two attached hydrogens (primary N) is 2. The van der Waals surface area contributed by atoms with Gasteiger partial charge in [-0.2, -0.15) is 0 Å². The van der Waals surface area contributed by atoms with Crippen LogP contribution in [0.4, 0.5) is 0 Å². The van der Waals surface area contributed by atoms with Gasteiger partial charge in [-0.1, -0.05) is 37.8 Å². The van der Waals surface area contributed by atoms with Crippen molar-refractivity contribution < 1.29 is 9.59 Å². The molecule has 4 heteroatoms. The van der Waals surface area contributed by atoms with Crippen LogP contribution < -0.4 is 11.5 Å². The zero-order valence-corrected chi connectivity index (χ0v) is 15.1. The van der Waals surface area contributed by atoms with Gasteiger partial charge in [0.15, 0.2) is 0 Å². The van der Waals surface area contributed by atoms with E-state index in [2.05, 4.69) is 6.07 Å². The zero-order valence-electron chi connectivity index (χ0n) is 15.1. The predicted molar refractivity (Wildman–Crippen MR) is 103 cm³/mol. The van der Waals surface area contributed by atoms with Crippen LogP contribution in [0.5, 0.6) is 0 Å². The Morgan fingerprint density at radius 1 is 0.808 bits per heavy atom. The van der Waals surface area contributed by atoms with Crippen LogP contribution in [-0.4, -0.2) is 11.8 Å². The monoisotopic (exact) mass is 350 g/mol. The Labute approximate surface area is 153 Å². The van der Waals surface area contributed by atoms with Crippen molar-refractivity contribution in [2.45, 2.75) is 63.2 Å². The van der Waals surface area contributed by atoms with Gasteiger partial charge in [0.05, 0.1) is 0 Å². The van der Waals surface area contributed by atoms with Crippen molar-refractivity contribution in [3.8, 4) is 0 Å². The molecule has 0 heterocycles. The maximum absolute atomic E-state index is 12.5. The van der Waals surface area contributed by atoms with E-state index in [0.717, 1.165) is 53.1 Å². The molecule has 4 N–H and O–H groups in total. The summed E-state index contributed by atoms with van der Waals surface area (Å²) in [5.41, 5.74) is 14.9. The molecule has 2 aliphatic carbocycles. The lowest BCUT2D eigenvalue weighted by Crippen LogP contribution is -2.19. The molecule has 0 aromatic heterocycles. The van der Waals surface area contributed by atoms with E-state index in [-0.39, 0.29) is 5.91 Å². The molecular formula is C22H26N2O2. The summed E-state index contributed by atoms with van der Waals surface area (Å²) < 4.78 is 0. The van der Waals surface area contributed by atoms with Crippen LogP contribution in [-0.2, 0) is 0 Å². The molecule has 136 valence electrons. The highest BCUT2D eigenvalue weighted by molar-refractivity contribution is 6.05. The first kappa shape index (κ1) is 17.1. The average Bonchev–Trinajstić information content (AvgIpc) is 3.32. The number of carbonyl (C=O) groups is 2. The number of carbonyl (C=O) groups excluding carboxylic acids is 2. The second-order valence-electron chi connectivity index (χ2n) is 7.88. The van der Waals surface area contributed by atoms with Crippen LogP contribution in [0.2, 0.25) is 0 Å². The topological polar surface area (TPSA) is 86.2 Å². The molecule has 2 amide bonds. The summed E-state index contributed by atoms with van der Waals surface area (Å²) in [6.45, 7) is 0. The fourth-order valence-electron chi connectivity index (χ4n) is 5.08. The minimum atomic E-state index is -0.421. The van der Waals surface area contributed by atoms with Crippen LogP contribution >= 0.6 is 0 Å². The number of amides is 2. The Morgan fingerprint density at radius 2 is 1.42 bits per heavy atom. The molecule has 4 rings (SSSR count).